The quantitative estimate of drug-likeness (QED) is 0.170. The lowest BCUT2D eigenvalue weighted by Crippen LogP contribution is -2.28. The van der Waals surface area contributed by atoms with Crippen LogP contribution in [0.2, 0.25) is 0 Å². The third-order valence-electron chi connectivity index (χ3n) is 2.16. The molecule has 128 valence electrons. The van der Waals surface area contributed by atoms with E-state index in [0.29, 0.717) is 19.4 Å². The van der Waals surface area contributed by atoms with Crippen molar-refractivity contribution < 1.29 is 34.0 Å². The van der Waals surface area contributed by atoms with Crippen LogP contribution in [-0.4, -0.2) is 53.2 Å². The molecule has 0 unspecified atom stereocenters. The molecule has 0 rings (SSSR count). The molecule has 0 aromatic heterocycles. The Bertz CT molecular complexity index is 393. The molecule has 0 spiro atoms. The van der Waals surface area contributed by atoms with Gasteiger partial charge in [0.1, 0.15) is 5.60 Å². The molecule has 0 saturated heterocycles. The second kappa shape index (κ2) is 9.64. The molecule has 0 aliphatic rings. The number of hydrazine groups is 1. The Labute approximate surface area is 128 Å². The number of rotatable bonds is 9. The number of hydrogen-bond acceptors (Lipinski definition) is 7. The lowest BCUT2D eigenvalue weighted by atomic mass is 10.2. The Morgan fingerprint density at radius 2 is 1.95 bits per heavy atom. The molecule has 0 aromatic rings. The molecule has 0 saturated carbocycles. The molecule has 0 heterocycles. The van der Waals surface area contributed by atoms with Crippen molar-refractivity contribution in [2.75, 3.05) is 20.4 Å². The maximum absolute atomic E-state index is 11.4. The van der Waals surface area contributed by atoms with Crippen molar-refractivity contribution in [1.29, 1.82) is 0 Å². The molecule has 0 radical (unpaired) electrons. The van der Waals surface area contributed by atoms with Crippen LogP contribution in [0.1, 0.15) is 40.0 Å². The molecule has 0 aliphatic heterocycles. The Kier molecular flexibility index (Phi) is 8.65. The lowest BCUT2D eigenvalue weighted by molar-refractivity contribution is -0.706. The Hall–Kier alpha value is -2.26. The van der Waals surface area contributed by atoms with Crippen molar-refractivity contribution in [2.24, 2.45) is 5.28 Å². The van der Waals surface area contributed by atoms with E-state index in [0.717, 1.165) is 0 Å². The smallest absolute Gasteiger partial charge is 0.511 e. The summed E-state index contributed by atoms with van der Waals surface area (Å²) in [5, 5.41) is 24.2. The van der Waals surface area contributed by atoms with Crippen molar-refractivity contribution in [3.8, 4) is 0 Å². The zero-order valence-electron chi connectivity index (χ0n) is 13.3. The van der Waals surface area contributed by atoms with Gasteiger partial charge in [0.25, 0.3) is 6.79 Å². The van der Waals surface area contributed by atoms with Crippen LogP contribution < -0.4 is 0 Å². The molecule has 10 heteroatoms. The predicted molar refractivity (Wildman–Crippen MR) is 73.4 cm³/mol. The second-order valence-corrected chi connectivity index (χ2v) is 5.42. The van der Waals surface area contributed by atoms with Crippen LogP contribution in [-0.2, 0) is 19.1 Å². The number of hydrogen-bond donors (Lipinski definition) is 1. The number of carboxylic acid groups (broad SMARTS) is 1. The maximum Gasteiger partial charge on any atom is 0.511 e. The summed E-state index contributed by atoms with van der Waals surface area (Å²) < 4.78 is 9.39. The highest BCUT2D eigenvalue weighted by Gasteiger charge is 2.17. The van der Waals surface area contributed by atoms with Crippen molar-refractivity contribution in [2.45, 2.75) is 45.6 Å². The summed E-state index contributed by atoms with van der Waals surface area (Å²) in [6.07, 6.45) is 0.0910. The van der Waals surface area contributed by atoms with Crippen LogP contribution in [0.4, 0.5) is 4.79 Å². The van der Waals surface area contributed by atoms with Crippen LogP contribution in [0.3, 0.4) is 0 Å². The minimum Gasteiger partial charge on any atom is -0.569 e. The fourth-order valence-electron chi connectivity index (χ4n) is 1.19. The largest absolute Gasteiger partial charge is 0.569 e. The van der Waals surface area contributed by atoms with Gasteiger partial charge in [0.2, 0.25) is 5.28 Å². The first-order valence-electron chi connectivity index (χ1n) is 6.70. The lowest BCUT2D eigenvalue weighted by Gasteiger charge is -2.18. The van der Waals surface area contributed by atoms with Crippen molar-refractivity contribution >= 4 is 12.1 Å². The standard InChI is InChI=1S/C12H23N3O7/c1-12(2,3)22-11(18)20-9-21-13-15(19)14(4)8-6-5-7-10(16)17/h5-9H2,1-4H3,(H,16,17). The average Bonchev–Trinajstić information content (AvgIpc) is 2.36. The first kappa shape index (κ1) is 19.7. The van der Waals surface area contributed by atoms with Gasteiger partial charge >= 0.3 is 12.1 Å². The van der Waals surface area contributed by atoms with Gasteiger partial charge in [0.05, 0.1) is 18.6 Å². The first-order valence-corrected chi connectivity index (χ1v) is 6.70. The van der Waals surface area contributed by atoms with Crippen molar-refractivity contribution in [3.05, 3.63) is 5.21 Å². The maximum atomic E-state index is 11.4. The normalized spacial score (nSPS) is 11.7. The number of unbranched alkanes of at least 4 members (excludes halogenated alkanes) is 1. The molecule has 10 nitrogen and oxygen atoms in total. The Morgan fingerprint density at radius 3 is 2.50 bits per heavy atom. The predicted octanol–water partition coefficient (Wildman–Crippen LogP) is 1.89. The average molecular weight is 321 g/mol. The zero-order chi connectivity index (χ0) is 17.2. The summed E-state index contributed by atoms with van der Waals surface area (Å²) in [5.41, 5.74) is -0.686. The van der Waals surface area contributed by atoms with Gasteiger partial charge in [-0.2, -0.15) is 0 Å². The van der Waals surface area contributed by atoms with Gasteiger partial charge in [0.15, 0.2) is 0 Å². The Morgan fingerprint density at radius 1 is 1.32 bits per heavy atom. The van der Waals surface area contributed by atoms with Crippen LogP contribution >= 0.6 is 0 Å². The molecule has 0 bridgehead atoms. The highest BCUT2D eigenvalue weighted by molar-refractivity contribution is 5.66. The summed E-state index contributed by atoms with van der Waals surface area (Å²) >= 11 is 0. The number of nitrogens with zero attached hydrogens (tertiary/aromatic N) is 3. The van der Waals surface area contributed by atoms with Crippen LogP contribution in [0.25, 0.3) is 0 Å². The molecule has 0 atom stereocenters. The molecular weight excluding hydrogens is 298 g/mol. The molecule has 0 aromatic carbocycles. The molecule has 0 fully saturated rings. The van der Waals surface area contributed by atoms with E-state index in [1.807, 2.05) is 0 Å². The van der Waals surface area contributed by atoms with E-state index in [4.69, 9.17) is 9.84 Å². The number of carbonyl (C=O) groups excluding carboxylic acids is 1. The number of ether oxygens (including phenoxy) is 2. The highest BCUT2D eigenvalue weighted by Crippen LogP contribution is 2.07. The number of carbonyl (C=O) groups is 2. The summed E-state index contributed by atoms with van der Waals surface area (Å²) in [6.45, 7) is 4.80. The highest BCUT2D eigenvalue weighted by atomic mass is 16.8. The minimum atomic E-state index is -0.929. The van der Waals surface area contributed by atoms with Crippen molar-refractivity contribution in [3.63, 3.8) is 0 Å². The molecule has 0 aliphatic carbocycles. The van der Waals surface area contributed by atoms with E-state index >= 15 is 0 Å². The molecule has 22 heavy (non-hydrogen) atoms. The third-order valence-corrected chi connectivity index (χ3v) is 2.16. The first-order chi connectivity index (χ1) is 10.1. The van der Waals surface area contributed by atoms with Crippen LogP contribution in [0, 0.1) is 5.21 Å². The zero-order valence-corrected chi connectivity index (χ0v) is 13.3. The van der Waals surface area contributed by atoms with Crippen molar-refractivity contribution in [1.82, 2.24) is 5.01 Å². The Balaban J connectivity index is 3.87. The van der Waals surface area contributed by atoms with Gasteiger partial charge in [-0.25, -0.2) is 4.79 Å². The fourth-order valence-corrected chi connectivity index (χ4v) is 1.19. The van der Waals surface area contributed by atoms with Crippen LogP contribution in [0.15, 0.2) is 5.28 Å². The van der Waals surface area contributed by atoms with E-state index in [-0.39, 0.29) is 11.4 Å². The fraction of sp³-hybridized carbons (Fsp3) is 0.833. The SMILES string of the molecule is CN(CCCCC(=O)O)[N+]([O-])=NOCOC(=O)OC(C)(C)C. The third kappa shape index (κ3) is 11.6. The van der Waals surface area contributed by atoms with E-state index in [9.17, 15) is 14.8 Å². The monoisotopic (exact) mass is 321 g/mol. The van der Waals surface area contributed by atoms with Gasteiger partial charge < -0.3 is 24.6 Å². The van der Waals surface area contributed by atoms with Gasteiger partial charge in [-0.3, -0.25) is 4.79 Å². The van der Waals surface area contributed by atoms with Gasteiger partial charge in [-0.05, 0) is 33.6 Å². The minimum absolute atomic E-state index is 0.0457. The van der Waals surface area contributed by atoms with Gasteiger partial charge in [0, 0.05) is 6.42 Å². The van der Waals surface area contributed by atoms with E-state index < -0.39 is 24.5 Å². The molecular formula is C12H23N3O7. The van der Waals surface area contributed by atoms with E-state index in [1.165, 1.54) is 12.1 Å². The van der Waals surface area contributed by atoms with Crippen LogP contribution in [0.5, 0.6) is 0 Å². The molecule has 0 amide bonds. The number of aliphatic carboxylic acids is 1. The van der Waals surface area contributed by atoms with Gasteiger partial charge in [-0.1, -0.05) is 0 Å². The summed E-state index contributed by atoms with van der Waals surface area (Å²) in [6, 6.07) is 0. The molecule has 1 N–H and O–H groups in total. The topological polar surface area (TPSA) is 124 Å². The van der Waals surface area contributed by atoms with Gasteiger partial charge in [-0.15, -0.1) is 5.01 Å². The summed E-state index contributed by atoms with van der Waals surface area (Å²) in [4.78, 5) is 26.2. The summed E-state index contributed by atoms with van der Waals surface area (Å²) in [5.74, 6) is -0.881. The summed E-state index contributed by atoms with van der Waals surface area (Å²) in [7, 11) is 1.47. The van der Waals surface area contributed by atoms with E-state index in [1.54, 1.807) is 20.8 Å². The number of carboxylic acids is 1. The second-order valence-electron chi connectivity index (χ2n) is 5.42. The van der Waals surface area contributed by atoms with E-state index in [2.05, 4.69) is 14.9 Å².